The maximum atomic E-state index is 13.0. The Kier molecular flexibility index (Phi) is 7.08. The fraction of sp³-hybridized carbons (Fsp3) is 0.300. The van der Waals surface area contributed by atoms with Crippen LogP contribution in [0.3, 0.4) is 0 Å². The van der Waals surface area contributed by atoms with Crippen LogP contribution in [0.2, 0.25) is 0 Å². The molecule has 0 aromatic heterocycles. The molecule has 0 saturated heterocycles. The smallest absolute Gasteiger partial charge is 0.418 e. The van der Waals surface area contributed by atoms with Gasteiger partial charge in [0.05, 0.1) is 31.9 Å². The second-order valence-electron chi connectivity index (χ2n) is 6.02. The van der Waals surface area contributed by atoms with Crippen LogP contribution in [0.4, 0.5) is 18.9 Å². The summed E-state index contributed by atoms with van der Waals surface area (Å²) in [7, 11) is 2.91. The molecule has 1 amide bonds. The van der Waals surface area contributed by atoms with Gasteiger partial charge in [-0.2, -0.15) is 13.2 Å². The van der Waals surface area contributed by atoms with E-state index in [0.29, 0.717) is 17.1 Å². The predicted molar refractivity (Wildman–Crippen MR) is 98.9 cm³/mol. The lowest BCUT2D eigenvalue weighted by Gasteiger charge is -2.17. The Morgan fingerprint density at radius 3 is 2.38 bits per heavy atom. The number of esters is 1. The van der Waals surface area contributed by atoms with Crippen LogP contribution in [-0.4, -0.2) is 32.2 Å². The number of benzene rings is 2. The summed E-state index contributed by atoms with van der Waals surface area (Å²) in [6.07, 6.45) is -6.12. The molecule has 0 aliphatic carbocycles. The molecule has 2 aromatic rings. The maximum absolute atomic E-state index is 13.0. The van der Waals surface area contributed by atoms with Crippen LogP contribution in [0.1, 0.15) is 18.1 Å². The van der Waals surface area contributed by atoms with E-state index in [1.54, 1.807) is 18.2 Å². The fourth-order valence-electron chi connectivity index (χ4n) is 2.52. The lowest BCUT2D eigenvalue weighted by Crippen LogP contribution is -2.31. The number of amides is 1. The molecule has 0 aliphatic rings. The first-order chi connectivity index (χ1) is 13.7. The van der Waals surface area contributed by atoms with Gasteiger partial charge < -0.3 is 19.5 Å². The molecule has 156 valence electrons. The number of carbonyl (C=O) groups excluding carboxylic acids is 2. The van der Waals surface area contributed by atoms with Crippen LogP contribution in [-0.2, 0) is 26.9 Å². The van der Waals surface area contributed by atoms with Gasteiger partial charge in [-0.1, -0.05) is 18.2 Å². The maximum Gasteiger partial charge on any atom is 0.418 e. The van der Waals surface area contributed by atoms with Crippen LogP contribution in [0, 0.1) is 0 Å². The van der Waals surface area contributed by atoms with E-state index in [4.69, 9.17) is 14.2 Å². The van der Waals surface area contributed by atoms with Gasteiger partial charge in [0, 0.05) is 11.6 Å². The molecule has 29 heavy (non-hydrogen) atoms. The average Bonchev–Trinajstić information content (AvgIpc) is 2.67. The molecule has 0 saturated carbocycles. The van der Waals surface area contributed by atoms with Gasteiger partial charge in [-0.25, -0.2) is 0 Å². The van der Waals surface area contributed by atoms with E-state index in [9.17, 15) is 22.8 Å². The third-order valence-corrected chi connectivity index (χ3v) is 4.00. The number of alkyl halides is 3. The van der Waals surface area contributed by atoms with Crippen molar-refractivity contribution >= 4 is 17.6 Å². The number of nitrogens with one attached hydrogen (secondary N) is 1. The number of halogens is 3. The summed E-state index contributed by atoms with van der Waals surface area (Å²) in [5.74, 6) is -0.676. The van der Waals surface area contributed by atoms with Crippen LogP contribution >= 0.6 is 0 Å². The predicted octanol–water partition coefficient (Wildman–Crippen LogP) is 3.84. The molecule has 9 heteroatoms. The molecule has 6 nitrogen and oxygen atoms in total. The summed E-state index contributed by atoms with van der Waals surface area (Å²) in [5.41, 5.74) is -0.895. The lowest BCUT2D eigenvalue weighted by atomic mass is 10.1. The third kappa shape index (κ3) is 5.87. The summed E-state index contributed by atoms with van der Waals surface area (Å²) in [6.45, 7) is 1.27. The zero-order valence-electron chi connectivity index (χ0n) is 16.0. The van der Waals surface area contributed by atoms with Gasteiger partial charge >= 0.3 is 12.1 Å². The molecule has 1 N–H and O–H groups in total. The molecule has 0 radical (unpaired) electrons. The Morgan fingerprint density at radius 1 is 1.07 bits per heavy atom. The van der Waals surface area contributed by atoms with Crippen molar-refractivity contribution in [2.24, 2.45) is 0 Å². The molecule has 0 fully saturated rings. The molecule has 2 rings (SSSR count). The van der Waals surface area contributed by atoms with Gasteiger partial charge in [-0.3, -0.25) is 9.59 Å². The van der Waals surface area contributed by atoms with E-state index in [0.717, 1.165) is 12.1 Å². The molecule has 0 heterocycles. The zero-order chi connectivity index (χ0) is 21.6. The van der Waals surface area contributed by atoms with E-state index in [-0.39, 0.29) is 6.42 Å². The van der Waals surface area contributed by atoms with Crippen molar-refractivity contribution in [1.82, 2.24) is 0 Å². The Balaban J connectivity index is 2.03. The van der Waals surface area contributed by atoms with E-state index in [2.05, 4.69) is 5.32 Å². The molecule has 2 aromatic carbocycles. The normalized spacial score (nSPS) is 12.1. The standard InChI is InChI=1S/C20H20F3NO5/c1-12(19(26)24-16-7-5-4-6-15(16)20(21,22)23)29-18(25)10-13-8-9-14(27-2)11-17(13)28-3/h4-9,11-12H,10H2,1-3H3,(H,24,26). The highest BCUT2D eigenvalue weighted by Gasteiger charge is 2.34. The van der Waals surface area contributed by atoms with Crippen LogP contribution in [0.25, 0.3) is 0 Å². The Labute approximate surface area is 165 Å². The summed E-state index contributed by atoms with van der Waals surface area (Å²) in [4.78, 5) is 24.3. The number of hydrogen-bond acceptors (Lipinski definition) is 5. The quantitative estimate of drug-likeness (QED) is 0.701. The van der Waals surface area contributed by atoms with Crippen LogP contribution in [0.15, 0.2) is 42.5 Å². The number of carbonyl (C=O) groups is 2. The van der Waals surface area contributed by atoms with Gasteiger partial charge in [0.25, 0.3) is 5.91 Å². The first-order valence-electron chi connectivity index (χ1n) is 8.53. The van der Waals surface area contributed by atoms with Gasteiger partial charge in [-0.15, -0.1) is 0 Å². The Morgan fingerprint density at radius 2 is 1.76 bits per heavy atom. The summed E-state index contributed by atoms with van der Waals surface area (Å²) in [5, 5.41) is 2.15. The number of methoxy groups -OCH3 is 2. The lowest BCUT2D eigenvalue weighted by molar-refractivity contribution is -0.152. The van der Waals surface area contributed by atoms with Gasteiger partial charge in [0.15, 0.2) is 6.10 Å². The number of hydrogen-bond donors (Lipinski definition) is 1. The monoisotopic (exact) mass is 411 g/mol. The van der Waals surface area contributed by atoms with Crippen molar-refractivity contribution in [3.8, 4) is 11.5 Å². The third-order valence-electron chi connectivity index (χ3n) is 4.00. The largest absolute Gasteiger partial charge is 0.497 e. The Hall–Kier alpha value is -3.23. The highest BCUT2D eigenvalue weighted by molar-refractivity contribution is 5.95. The van der Waals surface area contributed by atoms with Crippen molar-refractivity contribution in [1.29, 1.82) is 0 Å². The summed E-state index contributed by atoms with van der Waals surface area (Å²) < 4.78 is 54.4. The molecule has 0 bridgehead atoms. The summed E-state index contributed by atoms with van der Waals surface area (Å²) >= 11 is 0. The first-order valence-corrected chi connectivity index (χ1v) is 8.53. The van der Waals surface area contributed by atoms with E-state index >= 15 is 0 Å². The van der Waals surface area contributed by atoms with Crippen molar-refractivity contribution in [3.63, 3.8) is 0 Å². The second kappa shape index (κ2) is 9.31. The van der Waals surface area contributed by atoms with E-state index < -0.39 is 35.4 Å². The molecule has 0 spiro atoms. The van der Waals surface area contributed by atoms with Gasteiger partial charge in [-0.05, 0) is 25.1 Å². The van der Waals surface area contributed by atoms with Gasteiger partial charge in [0.2, 0.25) is 0 Å². The van der Waals surface area contributed by atoms with Gasteiger partial charge in [0.1, 0.15) is 11.5 Å². The molecule has 1 unspecified atom stereocenters. The average molecular weight is 411 g/mol. The zero-order valence-corrected chi connectivity index (χ0v) is 16.0. The number of para-hydroxylation sites is 1. The molecular formula is C20H20F3NO5. The van der Waals surface area contributed by atoms with Crippen LogP contribution < -0.4 is 14.8 Å². The van der Waals surface area contributed by atoms with Crippen molar-refractivity contribution in [2.75, 3.05) is 19.5 Å². The molecular weight excluding hydrogens is 391 g/mol. The van der Waals surface area contributed by atoms with E-state index in [1.165, 1.54) is 33.3 Å². The number of rotatable bonds is 7. The highest BCUT2D eigenvalue weighted by Crippen LogP contribution is 2.34. The molecule has 0 aliphatic heterocycles. The Bertz CT molecular complexity index is 883. The minimum atomic E-state index is -4.63. The van der Waals surface area contributed by atoms with Crippen LogP contribution in [0.5, 0.6) is 11.5 Å². The fourth-order valence-corrected chi connectivity index (χ4v) is 2.52. The highest BCUT2D eigenvalue weighted by atomic mass is 19.4. The minimum absolute atomic E-state index is 0.191. The van der Waals surface area contributed by atoms with Crippen molar-refractivity contribution < 1.29 is 37.0 Å². The van der Waals surface area contributed by atoms with Crippen molar-refractivity contribution in [3.05, 3.63) is 53.6 Å². The van der Waals surface area contributed by atoms with E-state index in [1.807, 2.05) is 0 Å². The second-order valence-corrected chi connectivity index (χ2v) is 6.02. The number of ether oxygens (including phenoxy) is 3. The summed E-state index contributed by atoms with van der Waals surface area (Å²) in [6, 6.07) is 9.38. The first kappa shape index (κ1) is 22.1. The van der Waals surface area contributed by atoms with Crippen molar-refractivity contribution in [2.45, 2.75) is 25.6 Å². The molecule has 1 atom stereocenters. The topological polar surface area (TPSA) is 73.9 Å². The SMILES string of the molecule is COc1ccc(CC(=O)OC(C)C(=O)Nc2ccccc2C(F)(F)F)c(OC)c1. The minimum Gasteiger partial charge on any atom is -0.497 e. The number of anilines is 1.